The van der Waals surface area contributed by atoms with Gasteiger partial charge < -0.3 is 9.47 Å². The predicted molar refractivity (Wildman–Crippen MR) is 65.6 cm³/mol. The molecule has 0 aliphatic carbocycles. The minimum atomic E-state index is -0.682. The summed E-state index contributed by atoms with van der Waals surface area (Å²) in [5.74, 6) is -0.433. The Bertz CT molecular complexity index is 533. The van der Waals surface area contributed by atoms with Crippen LogP contribution in [0.4, 0.5) is 10.5 Å². The molecule has 0 radical (unpaired) electrons. The SMILES string of the molecule is COC(=O)c1ccc(N2CCC(C#N)OC2=O)cc1. The van der Waals surface area contributed by atoms with Crippen LogP contribution in [-0.2, 0) is 9.47 Å². The average molecular weight is 260 g/mol. The van der Waals surface area contributed by atoms with Gasteiger partial charge in [0.1, 0.15) is 6.07 Å². The second kappa shape index (κ2) is 5.40. The van der Waals surface area contributed by atoms with Gasteiger partial charge in [0.25, 0.3) is 0 Å². The van der Waals surface area contributed by atoms with Crippen molar-refractivity contribution in [3.05, 3.63) is 29.8 Å². The summed E-state index contributed by atoms with van der Waals surface area (Å²) in [5.41, 5.74) is 1.03. The molecule has 0 N–H and O–H groups in total. The standard InChI is InChI=1S/C13H12N2O4/c1-18-12(16)9-2-4-10(5-3-9)15-7-6-11(8-14)19-13(15)17/h2-5,11H,6-7H2,1H3. The minimum Gasteiger partial charge on any atom is -0.465 e. The number of esters is 1. The maximum Gasteiger partial charge on any atom is 0.415 e. The van der Waals surface area contributed by atoms with Crippen LogP contribution in [-0.4, -0.2) is 31.8 Å². The summed E-state index contributed by atoms with van der Waals surface area (Å²) in [4.78, 5) is 24.4. The number of anilines is 1. The first-order chi connectivity index (χ1) is 9.15. The van der Waals surface area contributed by atoms with E-state index in [0.717, 1.165) is 0 Å². The van der Waals surface area contributed by atoms with E-state index in [1.54, 1.807) is 24.3 Å². The van der Waals surface area contributed by atoms with E-state index in [0.29, 0.717) is 24.2 Å². The summed E-state index contributed by atoms with van der Waals surface area (Å²) in [5, 5.41) is 8.69. The van der Waals surface area contributed by atoms with Gasteiger partial charge in [-0.05, 0) is 24.3 Å². The fourth-order valence-corrected chi connectivity index (χ4v) is 1.80. The molecule has 1 saturated heterocycles. The number of rotatable bonds is 2. The van der Waals surface area contributed by atoms with E-state index in [-0.39, 0.29) is 0 Å². The largest absolute Gasteiger partial charge is 0.465 e. The monoisotopic (exact) mass is 260 g/mol. The van der Waals surface area contributed by atoms with E-state index in [4.69, 9.17) is 10.00 Å². The van der Waals surface area contributed by atoms with Crippen LogP contribution in [0.2, 0.25) is 0 Å². The number of nitriles is 1. The molecule has 1 atom stereocenters. The molecule has 1 unspecified atom stereocenters. The van der Waals surface area contributed by atoms with Crippen molar-refractivity contribution >= 4 is 17.7 Å². The van der Waals surface area contributed by atoms with Crippen LogP contribution in [0.3, 0.4) is 0 Å². The van der Waals surface area contributed by atoms with Crippen molar-refractivity contribution in [1.29, 1.82) is 5.26 Å². The Morgan fingerprint density at radius 2 is 2.16 bits per heavy atom. The zero-order chi connectivity index (χ0) is 13.8. The Hall–Kier alpha value is -2.55. The molecule has 1 amide bonds. The highest BCUT2D eigenvalue weighted by atomic mass is 16.6. The van der Waals surface area contributed by atoms with E-state index in [2.05, 4.69) is 4.74 Å². The number of benzene rings is 1. The van der Waals surface area contributed by atoms with E-state index in [9.17, 15) is 9.59 Å². The number of carbonyl (C=O) groups excluding carboxylic acids is 2. The Balaban J connectivity index is 2.13. The van der Waals surface area contributed by atoms with Crippen LogP contribution in [0.5, 0.6) is 0 Å². The lowest BCUT2D eigenvalue weighted by Crippen LogP contribution is -2.41. The topological polar surface area (TPSA) is 79.6 Å². The van der Waals surface area contributed by atoms with Gasteiger partial charge in [0.15, 0.2) is 6.10 Å². The van der Waals surface area contributed by atoms with Crippen LogP contribution in [0.1, 0.15) is 16.8 Å². The number of hydrogen-bond donors (Lipinski definition) is 0. The lowest BCUT2D eigenvalue weighted by Gasteiger charge is -2.28. The Morgan fingerprint density at radius 3 is 2.68 bits per heavy atom. The van der Waals surface area contributed by atoms with Gasteiger partial charge in [0.2, 0.25) is 0 Å². The third kappa shape index (κ3) is 2.65. The molecule has 98 valence electrons. The molecule has 1 aromatic carbocycles. The number of amides is 1. The van der Waals surface area contributed by atoms with Gasteiger partial charge >= 0.3 is 12.1 Å². The Kier molecular flexibility index (Phi) is 3.66. The van der Waals surface area contributed by atoms with Crippen molar-refractivity contribution in [3.8, 4) is 6.07 Å². The smallest absolute Gasteiger partial charge is 0.415 e. The fourth-order valence-electron chi connectivity index (χ4n) is 1.80. The van der Waals surface area contributed by atoms with E-state index < -0.39 is 18.2 Å². The van der Waals surface area contributed by atoms with Gasteiger partial charge in [-0.2, -0.15) is 5.26 Å². The molecule has 0 bridgehead atoms. The molecule has 1 aliphatic heterocycles. The Labute approximate surface area is 110 Å². The first kappa shape index (κ1) is 12.9. The first-order valence-electron chi connectivity index (χ1n) is 5.72. The molecule has 1 fully saturated rings. The van der Waals surface area contributed by atoms with Crippen molar-refractivity contribution in [2.75, 3.05) is 18.6 Å². The molecule has 6 heteroatoms. The molecule has 1 aliphatic rings. The van der Waals surface area contributed by atoms with Crippen molar-refractivity contribution in [2.45, 2.75) is 12.5 Å². The van der Waals surface area contributed by atoms with Gasteiger partial charge in [0.05, 0.1) is 12.7 Å². The summed E-state index contributed by atoms with van der Waals surface area (Å²) in [6, 6.07) is 8.33. The third-order valence-corrected chi connectivity index (χ3v) is 2.82. The van der Waals surface area contributed by atoms with E-state index >= 15 is 0 Å². The molecule has 2 rings (SSSR count). The number of carbonyl (C=O) groups is 2. The lowest BCUT2D eigenvalue weighted by atomic mass is 10.1. The highest BCUT2D eigenvalue weighted by Crippen LogP contribution is 2.21. The molecule has 1 heterocycles. The maximum atomic E-state index is 11.7. The average Bonchev–Trinajstić information content (AvgIpc) is 2.46. The molecular formula is C13H12N2O4. The van der Waals surface area contributed by atoms with E-state index in [1.165, 1.54) is 12.0 Å². The highest BCUT2D eigenvalue weighted by Gasteiger charge is 2.27. The van der Waals surface area contributed by atoms with Crippen molar-refractivity contribution in [3.63, 3.8) is 0 Å². The Morgan fingerprint density at radius 1 is 1.47 bits per heavy atom. The molecule has 0 saturated carbocycles. The molecule has 6 nitrogen and oxygen atoms in total. The zero-order valence-corrected chi connectivity index (χ0v) is 10.3. The van der Waals surface area contributed by atoms with Crippen molar-refractivity contribution in [2.24, 2.45) is 0 Å². The van der Waals surface area contributed by atoms with Crippen LogP contribution in [0.25, 0.3) is 0 Å². The van der Waals surface area contributed by atoms with Crippen LogP contribution in [0, 0.1) is 11.3 Å². The maximum absolute atomic E-state index is 11.7. The second-order valence-corrected chi connectivity index (χ2v) is 3.98. The quantitative estimate of drug-likeness (QED) is 0.756. The van der Waals surface area contributed by atoms with Gasteiger partial charge in [-0.3, -0.25) is 4.90 Å². The first-order valence-corrected chi connectivity index (χ1v) is 5.72. The molecule has 0 aromatic heterocycles. The summed E-state index contributed by atoms with van der Waals surface area (Å²) in [7, 11) is 1.31. The predicted octanol–water partition coefficient (Wildman–Crippen LogP) is 1.71. The minimum absolute atomic E-state index is 0.409. The number of methoxy groups -OCH3 is 1. The van der Waals surface area contributed by atoms with Gasteiger partial charge in [-0.15, -0.1) is 0 Å². The van der Waals surface area contributed by atoms with Crippen LogP contribution < -0.4 is 4.90 Å². The second-order valence-electron chi connectivity index (χ2n) is 3.98. The number of hydrogen-bond acceptors (Lipinski definition) is 5. The molecule has 0 spiro atoms. The lowest BCUT2D eigenvalue weighted by molar-refractivity contribution is 0.0600. The highest BCUT2D eigenvalue weighted by molar-refractivity contribution is 5.92. The van der Waals surface area contributed by atoms with Crippen LogP contribution in [0.15, 0.2) is 24.3 Å². The number of ether oxygens (including phenoxy) is 2. The number of nitrogens with zero attached hydrogens (tertiary/aromatic N) is 2. The van der Waals surface area contributed by atoms with Gasteiger partial charge in [-0.1, -0.05) is 0 Å². The summed E-state index contributed by atoms with van der Waals surface area (Å²) >= 11 is 0. The summed E-state index contributed by atoms with van der Waals surface area (Å²) in [6.07, 6.45) is -0.775. The van der Waals surface area contributed by atoms with Crippen LogP contribution >= 0.6 is 0 Å². The summed E-state index contributed by atoms with van der Waals surface area (Å²) < 4.78 is 9.53. The zero-order valence-electron chi connectivity index (χ0n) is 10.3. The van der Waals surface area contributed by atoms with Crippen molar-refractivity contribution in [1.82, 2.24) is 0 Å². The third-order valence-electron chi connectivity index (χ3n) is 2.82. The normalized spacial score (nSPS) is 18.4. The van der Waals surface area contributed by atoms with Gasteiger partial charge in [-0.25, -0.2) is 9.59 Å². The van der Waals surface area contributed by atoms with Gasteiger partial charge in [0, 0.05) is 18.7 Å². The number of cyclic esters (lactones) is 1. The fraction of sp³-hybridized carbons (Fsp3) is 0.308. The molecular weight excluding hydrogens is 248 g/mol. The molecule has 19 heavy (non-hydrogen) atoms. The van der Waals surface area contributed by atoms with Crippen molar-refractivity contribution < 1.29 is 19.1 Å². The summed E-state index contributed by atoms with van der Waals surface area (Å²) in [6.45, 7) is 0.411. The van der Waals surface area contributed by atoms with E-state index in [1.807, 2.05) is 6.07 Å². The molecule has 1 aromatic rings.